The summed E-state index contributed by atoms with van der Waals surface area (Å²) in [7, 11) is 2.03. The molecule has 2 amide bonds. The topological polar surface area (TPSA) is 67.2 Å². The van der Waals surface area contributed by atoms with Crippen LogP contribution in [0.15, 0.2) is 24.3 Å². The van der Waals surface area contributed by atoms with Crippen molar-refractivity contribution in [2.45, 2.75) is 32.6 Å². The van der Waals surface area contributed by atoms with E-state index in [1.54, 1.807) is 11.8 Å². The molecule has 2 aromatic rings. The second-order valence-electron chi connectivity index (χ2n) is 6.77. The molecule has 1 aliphatic heterocycles. The predicted molar refractivity (Wildman–Crippen MR) is 97.0 cm³/mol. The third-order valence-corrected chi connectivity index (χ3v) is 4.99. The van der Waals surface area contributed by atoms with Gasteiger partial charge in [-0.2, -0.15) is 0 Å². The molecule has 2 heterocycles. The average molecular weight is 342 g/mol. The maximum absolute atomic E-state index is 12.3. The summed E-state index contributed by atoms with van der Waals surface area (Å²) < 4.78 is 2.11. The third kappa shape index (κ3) is 4.00. The Morgan fingerprint density at radius 2 is 2.12 bits per heavy atom. The first-order valence-electron chi connectivity index (χ1n) is 9.00. The highest BCUT2D eigenvalue weighted by Crippen LogP contribution is 2.17. The molecule has 1 aromatic heterocycles. The number of carbonyl (C=O) groups is 2. The summed E-state index contributed by atoms with van der Waals surface area (Å²) in [6.07, 6.45) is 3.44. The van der Waals surface area contributed by atoms with Gasteiger partial charge in [0.15, 0.2) is 0 Å². The number of hydrogen-bond acceptors (Lipinski definition) is 3. The summed E-state index contributed by atoms with van der Waals surface area (Å²) >= 11 is 0. The van der Waals surface area contributed by atoms with Gasteiger partial charge >= 0.3 is 0 Å². The van der Waals surface area contributed by atoms with Gasteiger partial charge in [-0.25, -0.2) is 4.98 Å². The molecule has 134 valence electrons. The molecule has 25 heavy (non-hydrogen) atoms. The summed E-state index contributed by atoms with van der Waals surface area (Å²) in [5.41, 5.74) is 2.14. The molecule has 3 rings (SSSR count). The number of para-hydroxylation sites is 2. The van der Waals surface area contributed by atoms with Gasteiger partial charge < -0.3 is 14.8 Å². The van der Waals surface area contributed by atoms with Crippen LogP contribution in [0.4, 0.5) is 0 Å². The number of fused-ring (bicyclic) bond motifs is 1. The number of likely N-dealkylation sites (tertiary alicyclic amines) is 1. The van der Waals surface area contributed by atoms with Crippen LogP contribution in [0.2, 0.25) is 0 Å². The van der Waals surface area contributed by atoms with Crippen molar-refractivity contribution in [1.82, 2.24) is 19.8 Å². The van der Waals surface area contributed by atoms with Gasteiger partial charge in [0.2, 0.25) is 11.8 Å². The molecule has 1 atom stereocenters. The monoisotopic (exact) mass is 342 g/mol. The van der Waals surface area contributed by atoms with Gasteiger partial charge in [0.1, 0.15) is 5.82 Å². The summed E-state index contributed by atoms with van der Waals surface area (Å²) in [5.74, 6) is 1.08. The molecule has 0 saturated carbocycles. The lowest BCUT2D eigenvalue weighted by Gasteiger charge is -2.31. The van der Waals surface area contributed by atoms with Gasteiger partial charge in [0.25, 0.3) is 0 Å². The molecule has 1 aromatic carbocycles. The summed E-state index contributed by atoms with van der Waals surface area (Å²) in [4.78, 5) is 30.2. The van der Waals surface area contributed by atoms with Crippen molar-refractivity contribution in [3.05, 3.63) is 30.1 Å². The highest BCUT2D eigenvalue weighted by atomic mass is 16.2. The van der Waals surface area contributed by atoms with Crippen molar-refractivity contribution in [1.29, 1.82) is 0 Å². The van der Waals surface area contributed by atoms with E-state index in [2.05, 4.69) is 20.9 Å². The molecule has 1 saturated heterocycles. The Hall–Kier alpha value is -2.37. The molecule has 0 unspecified atom stereocenters. The fourth-order valence-electron chi connectivity index (χ4n) is 3.50. The van der Waals surface area contributed by atoms with Crippen molar-refractivity contribution in [2.75, 3.05) is 19.6 Å². The Morgan fingerprint density at radius 1 is 1.32 bits per heavy atom. The zero-order valence-electron chi connectivity index (χ0n) is 15.0. The zero-order chi connectivity index (χ0) is 17.8. The van der Waals surface area contributed by atoms with Crippen LogP contribution in [-0.2, 0) is 23.1 Å². The Kier molecular flexibility index (Phi) is 5.36. The lowest BCUT2D eigenvalue weighted by atomic mass is 9.97. The molecular formula is C19H26N4O2. The second-order valence-corrected chi connectivity index (χ2v) is 6.77. The van der Waals surface area contributed by atoms with Crippen molar-refractivity contribution >= 4 is 22.8 Å². The van der Waals surface area contributed by atoms with E-state index in [0.29, 0.717) is 13.1 Å². The number of amides is 2. The largest absolute Gasteiger partial charge is 0.356 e. The Bertz CT molecular complexity index is 768. The van der Waals surface area contributed by atoms with E-state index >= 15 is 0 Å². The molecule has 0 aliphatic carbocycles. The molecule has 1 aliphatic rings. The van der Waals surface area contributed by atoms with E-state index in [9.17, 15) is 9.59 Å². The lowest BCUT2D eigenvalue weighted by Crippen LogP contribution is -2.44. The van der Waals surface area contributed by atoms with Crippen LogP contribution < -0.4 is 5.32 Å². The number of nitrogens with zero attached hydrogens (tertiary/aromatic N) is 3. The first kappa shape index (κ1) is 17.5. The quantitative estimate of drug-likeness (QED) is 0.844. The first-order valence-corrected chi connectivity index (χ1v) is 9.00. The maximum atomic E-state index is 12.3. The number of aromatic nitrogens is 2. The van der Waals surface area contributed by atoms with Gasteiger partial charge in [-0.1, -0.05) is 12.1 Å². The summed E-state index contributed by atoms with van der Waals surface area (Å²) in [6, 6.07) is 8.10. The van der Waals surface area contributed by atoms with Gasteiger partial charge in [0.05, 0.1) is 17.0 Å². The molecule has 1 fully saturated rings. The highest BCUT2D eigenvalue weighted by Gasteiger charge is 2.26. The summed E-state index contributed by atoms with van der Waals surface area (Å²) in [5, 5.41) is 3.02. The third-order valence-electron chi connectivity index (χ3n) is 4.99. The number of carbonyl (C=O) groups excluding carboxylic acids is 2. The minimum absolute atomic E-state index is 0.0550. The number of hydrogen-bond donors (Lipinski definition) is 1. The van der Waals surface area contributed by atoms with Gasteiger partial charge in [-0.15, -0.1) is 0 Å². The van der Waals surface area contributed by atoms with Gasteiger partial charge in [-0.3, -0.25) is 9.59 Å². The predicted octanol–water partition coefficient (Wildman–Crippen LogP) is 1.88. The van der Waals surface area contributed by atoms with Crippen LogP contribution >= 0.6 is 0 Å². The lowest BCUT2D eigenvalue weighted by molar-refractivity contribution is -0.133. The fourth-order valence-corrected chi connectivity index (χ4v) is 3.50. The van der Waals surface area contributed by atoms with Crippen LogP contribution in [-0.4, -0.2) is 45.9 Å². The van der Waals surface area contributed by atoms with E-state index in [1.165, 1.54) is 0 Å². The number of piperidine rings is 1. The number of nitrogens with one attached hydrogen (secondary N) is 1. The Labute approximate surface area is 148 Å². The first-order chi connectivity index (χ1) is 12.1. The maximum Gasteiger partial charge on any atom is 0.224 e. The van der Waals surface area contributed by atoms with Crippen molar-refractivity contribution < 1.29 is 9.59 Å². The highest BCUT2D eigenvalue weighted by molar-refractivity contribution is 5.80. The molecule has 6 nitrogen and oxygen atoms in total. The van der Waals surface area contributed by atoms with Crippen LogP contribution in [0.1, 0.15) is 32.0 Å². The van der Waals surface area contributed by atoms with Crippen molar-refractivity contribution in [3.8, 4) is 0 Å². The molecule has 1 N–H and O–H groups in total. The Balaban J connectivity index is 1.47. The molecule has 6 heteroatoms. The minimum Gasteiger partial charge on any atom is -0.356 e. The van der Waals surface area contributed by atoms with Crippen molar-refractivity contribution in [2.24, 2.45) is 13.0 Å². The standard InChI is InChI=1S/C19H26N4O2/c1-14(24)23-12-6-7-15(13-23)19(25)20-11-5-10-18-21-16-8-3-4-9-17(16)22(18)2/h3-4,8-9,15H,5-7,10-13H2,1-2H3,(H,20,25)/t15-/m0/s1. The number of aryl methyl sites for hydroxylation is 2. The van der Waals surface area contributed by atoms with Crippen molar-refractivity contribution in [3.63, 3.8) is 0 Å². The van der Waals surface area contributed by atoms with E-state index in [1.807, 2.05) is 25.2 Å². The normalized spacial score (nSPS) is 17.7. The van der Waals surface area contributed by atoms with E-state index < -0.39 is 0 Å². The second kappa shape index (κ2) is 7.68. The zero-order valence-corrected chi connectivity index (χ0v) is 15.0. The van der Waals surface area contributed by atoms with E-state index in [-0.39, 0.29) is 17.7 Å². The number of rotatable bonds is 5. The molecular weight excluding hydrogens is 316 g/mol. The summed E-state index contributed by atoms with van der Waals surface area (Å²) in [6.45, 7) is 3.52. The van der Waals surface area contributed by atoms with Crippen LogP contribution in [0.25, 0.3) is 11.0 Å². The molecule has 0 radical (unpaired) electrons. The molecule has 0 spiro atoms. The van der Waals surface area contributed by atoms with E-state index in [0.717, 1.165) is 49.1 Å². The van der Waals surface area contributed by atoms with Crippen LogP contribution in [0.3, 0.4) is 0 Å². The van der Waals surface area contributed by atoms with E-state index in [4.69, 9.17) is 0 Å². The van der Waals surface area contributed by atoms with Crippen LogP contribution in [0, 0.1) is 5.92 Å². The number of imidazole rings is 1. The number of benzene rings is 1. The SMILES string of the molecule is CC(=O)N1CCC[C@H](C(=O)NCCCc2nc3ccccc3n2C)C1. The van der Waals surface area contributed by atoms with Gasteiger partial charge in [-0.05, 0) is 31.4 Å². The minimum atomic E-state index is -0.0756. The smallest absolute Gasteiger partial charge is 0.224 e. The Morgan fingerprint density at radius 3 is 2.88 bits per heavy atom. The molecule has 0 bridgehead atoms. The fraction of sp³-hybridized carbons (Fsp3) is 0.526. The van der Waals surface area contributed by atoms with Crippen LogP contribution in [0.5, 0.6) is 0 Å². The van der Waals surface area contributed by atoms with Gasteiger partial charge in [0, 0.05) is 40.0 Å². The average Bonchev–Trinajstić information content (AvgIpc) is 2.95.